The molecule has 0 radical (unpaired) electrons. The lowest BCUT2D eigenvalue weighted by atomic mass is 10.1. The third kappa shape index (κ3) is 4.75. The number of ether oxygens (including phenoxy) is 2. The van der Waals surface area contributed by atoms with E-state index in [1.165, 1.54) is 0 Å². The highest BCUT2D eigenvalue weighted by Gasteiger charge is 2.32. The summed E-state index contributed by atoms with van der Waals surface area (Å²) in [5, 5.41) is 3.00. The molecule has 5 rings (SSSR count). The normalized spacial score (nSPS) is 18.0. The fraction of sp³-hybridized carbons (Fsp3) is 0.259. The Hall–Kier alpha value is -3.45. The molecule has 2 atom stereocenters. The van der Waals surface area contributed by atoms with Crippen LogP contribution in [0.15, 0.2) is 72.8 Å². The lowest BCUT2D eigenvalue weighted by Crippen LogP contribution is -2.28. The van der Waals surface area contributed by atoms with E-state index in [0.717, 1.165) is 22.4 Å². The van der Waals surface area contributed by atoms with Gasteiger partial charge in [-0.3, -0.25) is 9.59 Å². The Bertz CT molecular complexity index is 1180. The van der Waals surface area contributed by atoms with Crippen LogP contribution in [0.4, 0.5) is 0 Å². The van der Waals surface area contributed by atoms with Gasteiger partial charge < -0.3 is 19.7 Å². The van der Waals surface area contributed by atoms with Crippen molar-refractivity contribution in [2.75, 3.05) is 19.0 Å². The van der Waals surface area contributed by atoms with Crippen LogP contribution >= 0.6 is 11.8 Å². The molecule has 0 bridgehead atoms. The number of hydrogen-bond acceptors (Lipinski definition) is 5. The first-order chi connectivity index (χ1) is 16.6. The van der Waals surface area contributed by atoms with E-state index < -0.39 is 0 Å². The Labute approximate surface area is 203 Å². The van der Waals surface area contributed by atoms with Crippen molar-refractivity contribution in [3.8, 4) is 11.5 Å². The number of hydrogen-bond donors (Lipinski definition) is 1. The molecular weight excluding hydrogens is 448 g/mol. The van der Waals surface area contributed by atoms with Crippen molar-refractivity contribution in [3.05, 3.63) is 95.1 Å². The van der Waals surface area contributed by atoms with Crippen LogP contribution < -0.4 is 14.8 Å². The molecule has 2 amide bonds. The van der Waals surface area contributed by atoms with Crippen LogP contribution in [0.5, 0.6) is 11.5 Å². The average Bonchev–Trinajstić information content (AvgIpc) is 3.24. The molecule has 0 aliphatic carbocycles. The number of benzene rings is 3. The molecule has 0 aromatic heterocycles. The van der Waals surface area contributed by atoms with Gasteiger partial charge in [-0.05, 0) is 47.9 Å². The summed E-state index contributed by atoms with van der Waals surface area (Å²) in [5.41, 5.74) is 3.65. The number of carbonyl (C=O) groups excluding carboxylic acids is 2. The van der Waals surface area contributed by atoms with Crippen LogP contribution in [0.3, 0.4) is 0 Å². The lowest BCUT2D eigenvalue weighted by molar-refractivity contribution is -0.128. The van der Waals surface area contributed by atoms with Gasteiger partial charge in [-0.15, -0.1) is 11.8 Å². The second-order valence-electron chi connectivity index (χ2n) is 8.39. The Kier molecular flexibility index (Phi) is 6.45. The molecule has 1 saturated heterocycles. The molecule has 174 valence electrons. The van der Waals surface area contributed by atoms with Gasteiger partial charge in [0.15, 0.2) is 11.5 Å². The van der Waals surface area contributed by atoms with E-state index in [2.05, 4.69) is 5.32 Å². The minimum absolute atomic E-state index is 0.0542. The van der Waals surface area contributed by atoms with E-state index in [1.54, 1.807) is 11.8 Å². The molecule has 2 aliphatic rings. The number of fused-ring (bicyclic) bond motifs is 1. The fourth-order valence-electron chi connectivity index (χ4n) is 4.17. The molecule has 0 spiro atoms. The molecule has 3 aromatic carbocycles. The smallest absolute Gasteiger partial charge is 0.251 e. The summed E-state index contributed by atoms with van der Waals surface area (Å²) in [5.74, 6) is 1.89. The molecule has 1 fully saturated rings. The van der Waals surface area contributed by atoms with Crippen LogP contribution in [0.25, 0.3) is 0 Å². The zero-order valence-electron chi connectivity index (χ0n) is 18.9. The van der Waals surface area contributed by atoms with E-state index in [9.17, 15) is 9.59 Å². The topological polar surface area (TPSA) is 67.9 Å². The van der Waals surface area contributed by atoms with Gasteiger partial charge in [-0.2, -0.15) is 0 Å². The first-order valence-corrected chi connectivity index (χ1v) is 12.4. The largest absolute Gasteiger partial charge is 0.486 e. The minimum atomic E-state index is -0.188. The summed E-state index contributed by atoms with van der Waals surface area (Å²) in [6.45, 7) is 3.59. The number of amides is 2. The van der Waals surface area contributed by atoms with Gasteiger partial charge in [-0.25, -0.2) is 0 Å². The summed E-state index contributed by atoms with van der Waals surface area (Å²) >= 11 is 1.62. The molecule has 2 heterocycles. The van der Waals surface area contributed by atoms with Crippen LogP contribution in [0.1, 0.15) is 45.4 Å². The summed E-state index contributed by atoms with van der Waals surface area (Å²) < 4.78 is 11.2. The summed E-state index contributed by atoms with van der Waals surface area (Å²) in [6, 6.07) is 23.1. The van der Waals surface area contributed by atoms with E-state index in [-0.39, 0.29) is 23.2 Å². The van der Waals surface area contributed by atoms with Crippen molar-refractivity contribution in [1.82, 2.24) is 10.2 Å². The lowest BCUT2D eigenvalue weighted by Gasteiger charge is -2.24. The maximum Gasteiger partial charge on any atom is 0.251 e. The van der Waals surface area contributed by atoms with Crippen molar-refractivity contribution < 1.29 is 19.1 Å². The van der Waals surface area contributed by atoms with Crippen LogP contribution in [-0.2, 0) is 11.3 Å². The summed E-state index contributed by atoms with van der Waals surface area (Å²) in [7, 11) is 0. The van der Waals surface area contributed by atoms with Gasteiger partial charge in [0.1, 0.15) is 18.6 Å². The first-order valence-electron chi connectivity index (χ1n) is 11.3. The molecule has 34 heavy (non-hydrogen) atoms. The molecule has 7 heteroatoms. The van der Waals surface area contributed by atoms with E-state index in [4.69, 9.17) is 9.47 Å². The zero-order valence-corrected chi connectivity index (χ0v) is 19.7. The van der Waals surface area contributed by atoms with Crippen molar-refractivity contribution in [2.45, 2.75) is 24.9 Å². The predicted octanol–water partition coefficient (Wildman–Crippen LogP) is 4.72. The monoisotopic (exact) mass is 474 g/mol. The van der Waals surface area contributed by atoms with Gasteiger partial charge in [-0.1, -0.05) is 48.5 Å². The highest BCUT2D eigenvalue weighted by molar-refractivity contribution is 8.00. The third-order valence-electron chi connectivity index (χ3n) is 6.04. The SMILES string of the molecule is C[C@H](NC(=O)c1ccc([C@H]2SCC(=O)N2Cc2ccccc2)cc1)c1ccc2c(c1)OCCO2. The van der Waals surface area contributed by atoms with E-state index in [0.29, 0.717) is 36.8 Å². The number of nitrogens with one attached hydrogen (secondary N) is 1. The summed E-state index contributed by atoms with van der Waals surface area (Å²) in [4.78, 5) is 27.3. The number of thioether (sulfide) groups is 1. The highest BCUT2D eigenvalue weighted by atomic mass is 32.2. The van der Waals surface area contributed by atoms with E-state index in [1.807, 2.05) is 84.6 Å². The third-order valence-corrected chi connectivity index (χ3v) is 7.29. The maximum absolute atomic E-state index is 12.9. The molecule has 6 nitrogen and oxygen atoms in total. The predicted molar refractivity (Wildman–Crippen MR) is 132 cm³/mol. The second-order valence-corrected chi connectivity index (χ2v) is 9.46. The van der Waals surface area contributed by atoms with Crippen molar-refractivity contribution >= 4 is 23.6 Å². The Morgan fingerprint density at radius 2 is 1.76 bits per heavy atom. The van der Waals surface area contributed by atoms with Crippen molar-refractivity contribution in [3.63, 3.8) is 0 Å². The quantitative estimate of drug-likeness (QED) is 0.560. The molecule has 2 aliphatic heterocycles. The average molecular weight is 475 g/mol. The van der Waals surface area contributed by atoms with Crippen LogP contribution in [0.2, 0.25) is 0 Å². The molecule has 1 N–H and O–H groups in total. The Morgan fingerprint density at radius 3 is 2.53 bits per heavy atom. The van der Waals surface area contributed by atoms with Gasteiger partial charge in [0.2, 0.25) is 5.91 Å². The van der Waals surface area contributed by atoms with Gasteiger partial charge in [0.05, 0.1) is 11.8 Å². The Balaban J connectivity index is 1.25. The van der Waals surface area contributed by atoms with Crippen LogP contribution in [-0.4, -0.2) is 35.7 Å². The molecular formula is C27H26N2O4S. The van der Waals surface area contributed by atoms with Gasteiger partial charge in [0, 0.05) is 12.1 Å². The fourth-order valence-corrected chi connectivity index (χ4v) is 5.36. The second kappa shape index (κ2) is 9.81. The zero-order chi connectivity index (χ0) is 23.5. The molecule has 3 aromatic rings. The van der Waals surface area contributed by atoms with Gasteiger partial charge in [0.25, 0.3) is 5.91 Å². The Morgan fingerprint density at radius 1 is 1.03 bits per heavy atom. The standard InChI is InChI=1S/C27H26N2O4S/c1-18(22-11-12-23-24(15-22)33-14-13-32-23)28-26(31)20-7-9-21(10-8-20)27-29(25(30)17-34-27)16-19-5-3-2-4-6-19/h2-12,15,18,27H,13-14,16-17H2,1H3,(H,28,31)/t18-,27+/m0/s1. The minimum Gasteiger partial charge on any atom is -0.486 e. The van der Waals surface area contributed by atoms with E-state index >= 15 is 0 Å². The maximum atomic E-state index is 12.9. The summed E-state index contributed by atoms with van der Waals surface area (Å²) in [6.07, 6.45) is 0. The van der Waals surface area contributed by atoms with Crippen molar-refractivity contribution in [2.24, 2.45) is 0 Å². The molecule has 0 saturated carbocycles. The molecule has 0 unspecified atom stereocenters. The van der Waals surface area contributed by atoms with Crippen molar-refractivity contribution in [1.29, 1.82) is 0 Å². The number of rotatable bonds is 6. The number of carbonyl (C=O) groups is 2. The van der Waals surface area contributed by atoms with Crippen LogP contribution in [0, 0.1) is 0 Å². The number of nitrogens with zero attached hydrogens (tertiary/aromatic N) is 1. The van der Waals surface area contributed by atoms with Gasteiger partial charge >= 0.3 is 0 Å². The highest BCUT2D eigenvalue weighted by Crippen LogP contribution is 2.39. The first kappa shape index (κ1) is 22.3.